The molecular formula is C15H22N4O. The lowest BCUT2D eigenvalue weighted by atomic mass is 10.1. The number of anilines is 1. The number of nitrogen functional groups attached to an aromatic ring is 1. The first kappa shape index (κ1) is 13.2. The van der Waals surface area contributed by atoms with Crippen molar-refractivity contribution >= 4 is 17.0 Å². The van der Waals surface area contributed by atoms with Crippen molar-refractivity contribution in [2.24, 2.45) is 5.92 Å². The van der Waals surface area contributed by atoms with Crippen LogP contribution in [0.15, 0.2) is 18.2 Å². The van der Waals surface area contributed by atoms with Crippen LogP contribution in [0.2, 0.25) is 0 Å². The summed E-state index contributed by atoms with van der Waals surface area (Å²) in [5, 5.41) is 0. The van der Waals surface area contributed by atoms with Gasteiger partial charge in [-0.25, -0.2) is 4.98 Å². The number of ether oxygens (including phenoxy) is 1. The number of likely N-dealkylation sites (tertiary alicyclic amines) is 1. The summed E-state index contributed by atoms with van der Waals surface area (Å²) >= 11 is 0. The van der Waals surface area contributed by atoms with Crippen LogP contribution in [0.5, 0.6) is 5.75 Å². The molecule has 0 bridgehead atoms. The second-order valence-corrected chi connectivity index (χ2v) is 5.46. The molecule has 0 aliphatic carbocycles. The molecule has 1 unspecified atom stereocenters. The Balaban J connectivity index is 1.90. The third-order valence-corrected chi connectivity index (χ3v) is 4.25. The molecule has 108 valence electrons. The molecule has 5 nitrogen and oxygen atoms in total. The minimum Gasteiger partial charge on any atom is -0.494 e. The van der Waals surface area contributed by atoms with Crippen LogP contribution in [0.25, 0.3) is 11.0 Å². The zero-order valence-electron chi connectivity index (χ0n) is 12.2. The van der Waals surface area contributed by atoms with Crippen molar-refractivity contribution in [3.63, 3.8) is 0 Å². The van der Waals surface area contributed by atoms with E-state index < -0.39 is 0 Å². The first-order chi connectivity index (χ1) is 9.72. The summed E-state index contributed by atoms with van der Waals surface area (Å²) in [5.41, 5.74) is 8.03. The number of hydrogen-bond acceptors (Lipinski definition) is 4. The third-order valence-electron chi connectivity index (χ3n) is 4.25. The van der Waals surface area contributed by atoms with E-state index in [4.69, 9.17) is 10.5 Å². The van der Waals surface area contributed by atoms with Crippen LogP contribution < -0.4 is 10.5 Å². The lowest BCUT2D eigenvalue weighted by Gasteiger charge is -2.14. The molecule has 3 rings (SSSR count). The molecule has 0 amide bonds. The molecule has 1 fully saturated rings. The average molecular weight is 274 g/mol. The Morgan fingerprint density at radius 2 is 2.30 bits per heavy atom. The summed E-state index contributed by atoms with van der Waals surface area (Å²) in [5.74, 6) is 2.02. The van der Waals surface area contributed by atoms with Gasteiger partial charge in [-0.1, -0.05) is 13.0 Å². The molecule has 1 aromatic carbocycles. The second kappa shape index (κ2) is 5.32. The summed E-state index contributed by atoms with van der Waals surface area (Å²) in [6.45, 7) is 6.63. The van der Waals surface area contributed by atoms with Gasteiger partial charge in [0.1, 0.15) is 11.3 Å². The fourth-order valence-electron chi connectivity index (χ4n) is 3.10. The maximum absolute atomic E-state index is 6.10. The molecule has 2 heterocycles. The van der Waals surface area contributed by atoms with E-state index in [0.29, 0.717) is 11.9 Å². The first-order valence-corrected chi connectivity index (χ1v) is 7.24. The van der Waals surface area contributed by atoms with Gasteiger partial charge in [0.15, 0.2) is 0 Å². The number of nitrogens with two attached hydrogens (primary N) is 1. The zero-order chi connectivity index (χ0) is 14.1. The number of benzene rings is 1. The van der Waals surface area contributed by atoms with Gasteiger partial charge in [0.2, 0.25) is 5.95 Å². The van der Waals surface area contributed by atoms with Crippen molar-refractivity contribution in [2.75, 3.05) is 32.5 Å². The van der Waals surface area contributed by atoms with Crippen LogP contribution in [0, 0.1) is 5.92 Å². The molecule has 1 aliphatic heterocycles. The fraction of sp³-hybridized carbons (Fsp3) is 0.533. The van der Waals surface area contributed by atoms with Gasteiger partial charge in [0.25, 0.3) is 0 Å². The number of aromatic nitrogens is 2. The summed E-state index contributed by atoms with van der Waals surface area (Å²) < 4.78 is 7.49. The largest absolute Gasteiger partial charge is 0.494 e. The Morgan fingerprint density at radius 3 is 3.00 bits per heavy atom. The molecule has 5 heteroatoms. The van der Waals surface area contributed by atoms with Gasteiger partial charge in [-0.15, -0.1) is 0 Å². The smallest absolute Gasteiger partial charge is 0.201 e. The van der Waals surface area contributed by atoms with Crippen molar-refractivity contribution in [1.29, 1.82) is 0 Å². The van der Waals surface area contributed by atoms with Gasteiger partial charge in [-0.05, 0) is 37.6 Å². The molecule has 2 N–H and O–H groups in total. The van der Waals surface area contributed by atoms with E-state index in [0.717, 1.165) is 36.4 Å². The summed E-state index contributed by atoms with van der Waals surface area (Å²) in [4.78, 5) is 6.95. The van der Waals surface area contributed by atoms with Crippen molar-refractivity contribution in [2.45, 2.75) is 19.9 Å². The highest BCUT2D eigenvalue weighted by molar-refractivity contribution is 5.84. The highest BCUT2D eigenvalue weighted by Crippen LogP contribution is 2.28. The Morgan fingerprint density at radius 1 is 1.45 bits per heavy atom. The van der Waals surface area contributed by atoms with E-state index >= 15 is 0 Å². The Labute approximate surface area is 119 Å². The average Bonchev–Trinajstić information content (AvgIpc) is 3.04. The normalized spacial score (nSPS) is 19.8. The van der Waals surface area contributed by atoms with Gasteiger partial charge in [0.05, 0.1) is 12.6 Å². The number of hydrogen-bond donors (Lipinski definition) is 1. The van der Waals surface area contributed by atoms with Crippen LogP contribution in [0.3, 0.4) is 0 Å². The first-order valence-electron chi connectivity index (χ1n) is 7.24. The number of nitrogens with zero attached hydrogens (tertiary/aromatic N) is 3. The lowest BCUT2D eigenvalue weighted by molar-refractivity contribution is 0.334. The summed E-state index contributed by atoms with van der Waals surface area (Å²) in [6, 6.07) is 5.98. The van der Waals surface area contributed by atoms with E-state index in [1.165, 1.54) is 13.0 Å². The molecule has 1 aliphatic rings. The van der Waals surface area contributed by atoms with Gasteiger partial charge in [-0.3, -0.25) is 0 Å². The van der Waals surface area contributed by atoms with Crippen molar-refractivity contribution < 1.29 is 4.74 Å². The van der Waals surface area contributed by atoms with Gasteiger partial charge in [-0.2, -0.15) is 0 Å². The number of methoxy groups -OCH3 is 1. The molecule has 20 heavy (non-hydrogen) atoms. The van der Waals surface area contributed by atoms with Crippen LogP contribution in [0.1, 0.15) is 13.3 Å². The predicted molar refractivity (Wildman–Crippen MR) is 80.9 cm³/mol. The van der Waals surface area contributed by atoms with Crippen LogP contribution in [-0.2, 0) is 6.54 Å². The number of rotatable bonds is 4. The number of para-hydroxylation sites is 1. The maximum Gasteiger partial charge on any atom is 0.201 e. The summed E-state index contributed by atoms with van der Waals surface area (Å²) in [7, 11) is 1.67. The van der Waals surface area contributed by atoms with E-state index in [2.05, 4.69) is 27.4 Å². The van der Waals surface area contributed by atoms with E-state index in [9.17, 15) is 0 Å². The Kier molecular flexibility index (Phi) is 3.53. The number of fused-ring (bicyclic) bond motifs is 1. The second-order valence-electron chi connectivity index (χ2n) is 5.46. The van der Waals surface area contributed by atoms with Crippen LogP contribution >= 0.6 is 0 Å². The standard InChI is InChI=1S/C15H22N4O/c1-3-18-8-7-11(9-18)10-19-12-5-4-6-13(20-2)14(12)17-15(19)16/h4-6,11H,3,7-10H2,1-2H3,(H2,16,17). The molecule has 1 saturated heterocycles. The third kappa shape index (κ3) is 2.22. The van der Waals surface area contributed by atoms with Crippen molar-refractivity contribution in [1.82, 2.24) is 14.5 Å². The molecule has 0 saturated carbocycles. The highest BCUT2D eigenvalue weighted by atomic mass is 16.5. The van der Waals surface area contributed by atoms with Crippen molar-refractivity contribution in [3.05, 3.63) is 18.2 Å². The van der Waals surface area contributed by atoms with Gasteiger partial charge in [0, 0.05) is 13.1 Å². The van der Waals surface area contributed by atoms with E-state index in [1.54, 1.807) is 7.11 Å². The molecular weight excluding hydrogens is 252 g/mol. The Bertz CT molecular complexity index is 607. The predicted octanol–water partition coefficient (Wildman–Crippen LogP) is 1.97. The SMILES string of the molecule is CCN1CCC(Cn2c(N)nc3c(OC)cccc32)C1. The van der Waals surface area contributed by atoms with Gasteiger partial charge >= 0.3 is 0 Å². The highest BCUT2D eigenvalue weighted by Gasteiger charge is 2.23. The molecule has 0 radical (unpaired) electrons. The monoisotopic (exact) mass is 274 g/mol. The molecule has 2 aromatic rings. The van der Waals surface area contributed by atoms with Crippen molar-refractivity contribution in [3.8, 4) is 5.75 Å². The van der Waals surface area contributed by atoms with Crippen LogP contribution in [0.4, 0.5) is 5.95 Å². The topological polar surface area (TPSA) is 56.3 Å². The minimum absolute atomic E-state index is 0.583. The fourth-order valence-corrected chi connectivity index (χ4v) is 3.10. The van der Waals surface area contributed by atoms with Gasteiger partial charge < -0.3 is 19.9 Å². The van der Waals surface area contributed by atoms with E-state index in [1.807, 2.05) is 12.1 Å². The maximum atomic E-state index is 6.10. The number of imidazole rings is 1. The van der Waals surface area contributed by atoms with E-state index in [-0.39, 0.29) is 0 Å². The Hall–Kier alpha value is -1.75. The molecule has 1 aromatic heterocycles. The lowest BCUT2D eigenvalue weighted by Crippen LogP contribution is -2.21. The quantitative estimate of drug-likeness (QED) is 0.926. The summed E-state index contributed by atoms with van der Waals surface area (Å²) in [6.07, 6.45) is 1.23. The van der Waals surface area contributed by atoms with Crippen LogP contribution in [-0.4, -0.2) is 41.2 Å². The minimum atomic E-state index is 0.583. The zero-order valence-corrected chi connectivity index (χ0v) is 12.2. The molecule has 0 spiro atoms. The molecule has 1 atom stereocenters.